The lowest BCUT2D eigenvalue weighted by Crippen LogP contribution is -2.40. The first kappa shape index (κ1) is 15.4. The van der Waals surface area contributed by atoms with E-state index in [1.165, 1.54) is 5.56 Å². The van der Waals surface area contributed by atoms with Crippen molar-refractivity contribution in [2.75, 3.05) is 19.6 Å². The fourth-order valence-electron chi connectivity index (χ4n) is 2.71. The first-order chi connectivity index (χ1) is 9.99. The molecule has 0 bridgehead atoms. The number of amides is 2. The summed E-state index contributed by atoms with van der Waals surface area (Å²) in [5.41, 5.74) is 1.18. The molecule has 0 spiro atoms. The van der Waals surface area contributed by atoms with E-state index in [0.29, 0.717) is 19.6 Å². The fraction of sp³-hybridized carbons (Fsp3) is 0.500. The van der Waals surface area contributed by atoms with E-state index in [0.717, 1.165) is 0 Å². The molecule has 2 rings (SSSR count). The van der Waals surface area contributed by atoms with Crippen LogP contribution < -0.4 is 5.32 Å². The number of benzene rings is 1. The predicted molar refractivity (Wildman–Crippen MR) is 80.1 cm³/mol. The zero-order chi connectivity index (χ0) is 15.4. The van der Waals surface area contributed by atoms with Gasteiger partial charge in [-0.15, -0.1) is 0 Å². The van der Waals surface area contributed by atoms with Crippen LogP contribution in [0.2, 0.25) is 0 Å². The Kier molecular flexibility index (Phi) is 4.83. The summed E-state index contributed by atoms with van der Waals surface area (Å²) < 4.78 is 0. The second-order valence-electron chi connectivity index (χ2n) is 5.82. The SMILES string of the molecule is CC(CNC(=O)N1CC(C)C(C(=O)O)C1)c1ccccc1. The van der Waals surface area contributed by atoms with Crippen molar-refractivity contribution in [3.63, 3.8) is 0 Å². The highest BCUT2D eigenvalue weighted by molar-refractivity contribution is 5.77. The minimum absolute atomic E-state index is 0.000188. The Morgan fingerprint density at radius 1 is 1.33 bits per heavy atom. The third-order valence-electron chi connectivity index (χ3n) is 4.14. The highest BCUT2D eigenvalue weighted by atomic mass is 16.4. The molecule has 1 aliphatic heterocycles. The number of hydrogen-bond acceptors (Lipinski definition) is 2. The second-order valence-corrected chi connectivity index (χ2v) is 5.82. The molecule has 3 atom stereocenters. The molecule has 2 N–H and O–H groups in total. The van der Waals surface area contributed by atoms with Crippen LogP contribution in [0.1, 0.15) is 25.3 Å². The van der Waals surface area contributed by atoms with Crippen LogP contribution in [-0.2, 0) is 4.79 Å². The topological polar surface area (TPSA) is 69.6 Å². The van der Waals surface area contributed by atoms with E-state index in [9.17, 15) is 9.59 Å². The van der Waals surface area contributed by atoms with Gasteiger partial charge in [-0.25, -0.2) is 4.79 Å². The van der Waals surface area contributed by atoms with Gasteiger partial charge in [0.15, 0.2) is 0 Å². The Morgan fingerprint density at radius 2 is 2.00 bits per heavy atom. The smallest absolute Gasteiger partial charge is 0.317 e. The lowest BCUT2D eigenvalue weighted by molar-refractivity contribution is -0.142. The van der Waals surface area contributed by atoms with E-state index in [1.807, 2.05) is 37.3 Å². The molecular formula is C16H22N2O3. The van der Waals surface area contributed by atoms with Crippen LogP contribution in [0.15, 0.2) is 30.3 Å². The molecule has 21 heavy (non-hydrogen) atoms. The molecule has 5 heteroatoms. The van der Waals surface area contributed by atoms with Crippen LogP contribution in [0.5, 0.6) is 0 Å². The summed E-state index contributed by atoms with van der Waals surface area (Å²) in [6.07, 6.45) is 0. The van der Waals surface area contributed by atoms with Gasteiger partial charge in [0.25, 0.3) is 0 Å². The minimum Gasteiger partial charge on any atom is -0.481 e. The number of nitrogens with one attached hydrogen (secondary N) is 1. The van der Waals surface area contributed by atoms with E-state index < -0.39 is 11.9 Å². The Bertz CT molecular complexity index is 504. The monoisotopic (exact) mass is 290 g/mol. The van der Waals surface area contributed by atoms with Crippen molar-refractivity contribution in [2.45, 2.75) is 19.8 Å². The number of likely N-dealkylation sites (tertiary alicyclic amines) is 1. The van der Waals surface area contributed by atoms with Crippen molar-refractivity contribution in [3.8, 4) is 0 Å². The Balaban J connectivity index is 1.84. The molecule has 114 valence electrons. The van der Waals surface area contributed by atoms with E-state index in [-0.39, 0.29) is 17.9 Å². The molecule has 2 amide bonds. The number of carboxylic acids is 1. The number of carboxylic acid groups (broad SMARTS) is 1. The van der Waals surface area contributed by atoms with E-state index in [4.69, 9.17) is 5.11 Å². The number of hydrogen-bond donors (Lipinski definition) is 2. The lowest BCUT2D eigenvalue weighted by atomic mass is 9.99. The Morgan fingerprint density at radius 3 is 2.57 bits per heavy atom. The van der Waals surface area contributed by atoms with Crippen molar-refractivity contribution in [1.82, 2.24) is 10.2 Å². The maximum Gasteiger partial charge on any atom is 0.317 e. The summed E-state index contributed by atoms with van der Waals surface area (Å²) in [5.74, 6) is -1.05. The van der Waals surface area contributed by atoms with Gasteiger partial charge in [0.05, 0.1) is 5.92 Å². The summed E-state index contributed by atoms with van der Waals surface area (Å²) in [7, 11) is 0. The molecule has 1 aliphatic rings. The van der Waals surface area contributed by atoms with Crippen LogP contribution in [-0.4, -0.2) is 41.6 Å². The van der Waals surface area contributed by atoms with Gasteiger partial charge in [-0.05, 0) is 17.4 Å². The van der Waals surface area contributed by atoms with Crippen molar-refractivity contribution in [3.05, 3.63) is 35.9 Å². The highest BCUT2D eigenvalue weighted by Gasteiger charge is 2.36. The van der Waals surface area contributed by atoms with Crippen LogP contribution in [0.3, 0.4) is 0 Å². The van der Waals surface area contributed by atoms with Gasteiger partial charge in [0.1, 0.15) is 0 Å². The summed E-state index contributed by atoms with van der Waals surface area (Å²) >= 11 is 0. The quantitative estimate of drug-likeness (QED) is 0.892. The minimum atomic E-state index is -0.824. The van der Waals surface area contributed by atoms with Crippen LogP contribution in [0.25, 0.3) is 0 Å². The van der Waals surface area contributed by atoms with E-state index in [1.54, 1.807) is 4.90 Å². The number of aliphatic carboxylic acids is 1. The van der Waals surface area contributed by atoms with Gasteiger partial charge in [-0.1, -0.05) is 44.2 Å². The molecule has 5 nitrogen and oxygen atoms in total. The number of rotatable bonds is 4. The molecule has 0 aromatic heterocycles. The van der Waals surface area contributed by atoms with Gasteiger partial charge in [0.2, 0.25) is 0 Å². The van der Waals surface area contributed by atoms with E-state index >= 15 is 0 Å². The third kappa shape index (κ3) is 3.74. The molecule has 1 aromatic carbocycles. The van der Waals surface area contributed by atoms with Crippen molar-refractivity contribution < 1.29 is 14.7 Å². The number of carbonyl (C=O) groups excluding carboxylic acids is 1. The predicted octanol–water partition coefficient (Wildman–Crippen LogP) is 2.15. The first-order valence-electron chi connectivity index (χ1n) is 7.29. The van der Waals surface area contributed by atoms with Crippen molar-refractivity contribution >= 4 is 12.0 Å². The highest BCUT2D eigenvalue weighted by Crippen LogP contribution is 2.23. The van der Waals surface area contributed by atoms with Crippen molar-refractivity contribution in [2.24, 2.45) is 11.8 Å². The number of nitrogens with zero attached hydrogens (tertiary/aromatic N) is 1. The maximum absolute atomic E-state index is 12.1. The fourth-order valence-corrected chi connectivity index (χ4v) is 2.71. The Hall–Kier alpha value is -2.04. The van der Waals surface area contributed by atoms with E-state index in [2.05, 4.69) is 12.2 Å². The molecule has 1 heterocycles. The molecule has 0 aliphatic carbocycles. The lowest BCUT2D eigenvalue weighted by Gasteiger charge is -2.19. The average Bonchev–Trinajstić information content (AvgIpc) is 2.87. The van der Waals surface area contributed by atoms with Crippen LogP contribution in [0, 0.1) is 11.8 Å². The van der Waals surface area contributed by atoms with Gasteiger partial charge in [0, 0.05) is 19.6 Å². The van der Waals surface area contributed by atoms with Crippen LogP contribution >= 0.6 is 0 Å². The van der Waals surface area contributed by atoms with Crippen molar-refractivity contribution in [1.29, 1.82) is 0 Å². The van der Waals surface area contributed by atoms with Gasteiger partial charge >= 0.3 is 12.0 Å². The maximum atomic E-state index is 12.1. The molecule has 1 aromatic rings. The zero-order valence-electron chi connectivity index (χ0n) is 12.5. The second kappa shape index (κ2) is 6.61. The standard InChI is InChI=1S/C16H22N2O3/c1-11(13-6-4-3-5-7-13)8-17-16(21)18-9-12(2)14(10-18)15(19)20/h3-7,11-12,14H,8-10H2,1-2H3,(H,17,21)(H,19,20). The summed E-state index contributed by atoms with van der Waals surface area (Å²) in [6, 6.07) is 9.82. The average molecular weight is 290 g/mol. The molecule has 0 saturated carbocycles. The number of carbonyl (C=O) groups is 2. The summed E-state index contributed by atoms with van der Waals surface area (Å²) in [4.78, 5) is 24.8. The molecule has 1 saturated heterocycles. The summed E-state index contributed by atoms with van der Waals surface area (Å²) in [6.45, 7) is 5.27. The Labute approximate surface area is 125 Å². The third-order valence-corrected chi connectivity index (χ3v) is 4.14. The largest absolute Gasteiger partial charge is 0.481 e. The first-order valence-corrected chi connectivity index (χ1v) is 7.29. The summed E-state index contributed by atoms with van der Waals surface area (Å²) in [5, 5.41) is 12.0. The van der Waals surface area contributed by atoms with Crippen LogP contribution in [0.4, 0.5) is 4.79 Å². The normalized spacial score (nSPS) is 22.9. The van der Waals surface area contributed by atoms with Gasteiger partial charge in [-0.2, -0.15) is 0 Å². The molecular weight excluding hydrogens is 268 g/mol. The van der Waals surface area contributed by atoms with Gasteiger partial charge < -0.3 is 15.3 Å². The molecule has 3 unspecified atom stereocenters. The molecule has 0 radical (unpaired) electrons. The van der Waals surface area contributed by atoms with Gasteiger partial charge in [-0.3, -0.25) is 4.79 Å². The number of urea groups is 1. The molecule has 1 fully saturated rings. The zero-order valence-corrected chi connectivity index (χ0v) is 12.5.